The van der Waals surface area contributed by atoms with E-state index in [2.05, 4.69) is 55.2 Å². The van der Waals surface area contributed by atoms with E-state index in [9.17, 15) is 4.79 Å². The van der Waals surface area contributed by atoms with E-state index >= 15 is 0 Å². The van der Waals surface area contributed by atoms with Crippen molar-refractivity contribution in [3.8, 4) is 0 Å². The van der Waals surface area contributed by atoms with Gasteiger partial charge in [0.1, 0.15) is 0 Å². The first-order valence-corrected chi connectivity index (χ1v) is 8.06. The van der Waals surface area contributed by atoms with Gasteiger partial charge in [-0.2, -0.15) is 10.2 Å². The Balaban J connectivity index is 1.50. The zero-order valence-electron chi connectivity index (χ0n) is 11.7. The number of halogens is 1. The number of carboxylic acids is 1. The van der Waals surface area contributed by atoms with Crippen LogP contribution in [0.15, 0.2) is 18.3 Å². The van der Waals surface area contributed by atoms with Crippen LogP contribution < -0.4 is 0 Å². The highest BCUT2D eigenvalue weighted by Crippen LogP contribution is 2.30. The zero-order valence-corrected chi connectivity index (χ0v) is 13.9. The van der Waals surface area contributed by atoms with E-state index in [-0.39, 0.29) is 5.69 Å². The van der Waals surface area contributed by atoms with Crippen LogP contribution in [0.1, 0.15) is 40.3 Å². The lowest BCUT2D eigenvalue weighted by Gasteiger charge is -2.04. The fourth-order valence-corrected chi connectivity index (χ4v) is 3.01. The van der Waals surface area contributed by atoms with Crippen molar-refractivity contribution in [3.63, 3.8) is 0 Å². The van der Waals surface area contributed by atoms with E-state index in [1.54, 1.807) is 4.68 Å². The third-order valence-electron chi connectivity index (χ3n) is 3.48. The summed E-state index contributed by atoms with van der Waals surface area (Å²) in [6.45, 7) is 0.649. The SMILES string of the molecule is O=C(O)c1cn(CCCCc2cc3c(nn2)CC=C3I)nn1. The summed E-state index contributed by atoms with van der Waals surface area (Å²) in [6.07, 6.45) is 7.16. The van der Waals surface area contributed by atoms with Crippen molar-refractivity contribution in [1.82, 2.24) is 25.2 Å². The molecule has 0 spiro atoms. The molecular formula is C14H14IN5O2. The number of nitrogens with zero attached hydrogens (tertiary/aromatic N) is 5. The molecule has 8 heteroatoms. The van der Waals surface area contributed by atoms with Gasteiger partial charge in [-0.05, 0) is 47.9 Å². The maximum absolute atomic E-state index is 10.7. The van der Waals surface area contributed by atoms with Gasteiger partial charge < -0.3 is 5.11 Å². The molecule has 0 bridgehead atoms. The monoisotopic (exact) mass is 411 g/mol. The summed E-state index contributed by atoms with van der Waals surface area (Å²) in [5, 5.41) is 24.7. The van der Waals surface area contributed by atoms with Crippen molar-refractivity contribution in [1.29, 1.82) is 0 Å². The van der Waals surface area contributed by atoms with Crippen LogP contribution in [0.4, 0.5) is 0 Å². The Hall–Kier alpha value is -1.84. The van der Waals surface area contributed by atoms with Crippen LogP contribution in [-0.4, -0.2) is 36.3 Å². The molecule has 0 radical (unpaired) electrons. The van der Waals surface area contributed by atoms with Crippen molar-refractivity contribution in [2.24, 2.45) is 0 Å². The molecule has 0 atom stereocenters. The van der Waals surface area contributed by atoms with Gasteiger partial charge in [-0.15, -0.1) is 5.10 Å². The van der Waals surface area contributed by atoms with Crippen LogP contribution in [0.2, 0.25) is 0 Å². The third kappa shape index (κ3) is 3.32. The van der Waals surface area contributed by atoms with E-state index < -0.39 is 5.97 Å². The smallest absolute Gasteiger partial charge is 0.358 e. The minimum atomic E-state index is -1.05. The molecule has 1 N–H and O–H groups in total. The highest BCUT2D eigenvalue weighted by atomic mass is 127. The lowest BCUT2D eigenvalue weighted by molar-refractivity contribution is 0.0690. The number of rotatable bonds is 6. The van der Waals surface area contributed by atoms with Crippen LogP contribution in [0.25, 0.3) is 3.58 Å². The van der Waals surface area contributed by atoms with Crippen LogP contribution in [0, 0.1) is 0 Å². The standard InChI is InChI=1S/C14H14IN5O2/c15-11-4-5-12-10(11)7-9(16-17-12)3-1-2-6-20-8-13(14(21)22)18-19-20/h4,7-8H,1-3,5-6H2,(H,21,22). The second-order valence-corrected chi connectivity index (χ2v) is 6.24. The Labute approximate surface area is 140 Å². The quantitative estimate of drug-likeness (QED) is 0.578. The zero-order chi connectivity index (χ0) is 15.5. The second kappa shape index (κ2) is 6.51. The summed E-state index contributed by atoms with van der Waals surface area (Å²) in [7, 11) is 0. The van der Waals surface area contributed by atoms with Crippen molar-refractivity contribution in [2.45, 2.75) is 32.2 Å². The number of aryl methyl sites for hydroxylation is 2. The van der Waals surface area contributed by atoms with Crippen molar-refractivity contribution in [2.75, 3.05) is 0 Å². The number of allylic oxidation sites excluding steroid dienone is 1. The predicted octanol–water partition coefficient (Wildman–Crippen LogP) is 2.12. The number of fused-ring (bicyclic) bond motifs is 1. The van der Waals surface area contributed by atoms with Gasteiger partial charge in [0.2, 0.25) is 0 Å². The Bertz CT molecular complexity index is 741. The summed E-state index contributed by atoms with van der Waals surface area (Å²) >= 11 is 2.33. The number of hydrogen-bond acceptors (Lipinski definition) is 5. The molecule has 2 aromatic heterocycles. The molecule has 0 aromatic carbocycles. The normalized spacial score (nSPS) is 13.0. The van der Waals surface area contributed by atoms with Gasteiger partial charge in [0.05, 0.1) is 17.6 Å². The average molecular weight is 411 g/mol. The molecule has 0 aliphatic heterocycles. The number of unbranched alkanes of at least 4 members (excludes halogenated alkanes) is 1. The number of aromatic nitrogens is 5. The molecule has 0 saturated heterocycles. The van der Waals surface area contributed by atoms with E-state index in [0.29, 0.717) is 6.54 Å². The number of hydrogen-bond donors (Lipinski definition) is 1. The first-order chi connectivity index (χ1) is 10.6. The van der Waals surface area contributed by atoms with Gasteiger partial charge in [-0.1, -0.05) is 11.3 Å². The van der Waals surface area contributed by atoms with Crippen molar-refractivity contribution >= 4 is 32.1 Å². The molecule has 2 heterocycles. The van der Waals surface area contributed by atoms with Crippen LogP contribution in [0.3, 0.4) is 0 Å². The maximum atomic E-state index is 10.7. The van der Waals surface area contributed by atoms with E-state index in [1.165, 1.54) is 15.3 Å². The summed E-state index contributed by atoms with van der Waals surface area (Å²) in [4.78, 5) is 10.7. The second-order valence-electron chi connectivity index (χ2n) is 5.08. The van der Waals surface area contributed by atoms with E-state index in [4.69, 9.17) is 5.11 Å². The highest BCUT2D eigenvalue weighted by molar-refractivity contribution is 14.1. The molecule has 0 amide bonds. The van der Waals surface area contributed by atoms with Gasteiger partial charge in [-0.25, -0.2) is 4.79 Å². The number of carboxylic acid groups (broad SMARTS) is 1. The Morgan fingerprint density at radius 2 is 2.18 bits per heavy atom. The summed E-state index contributed by atoms with van der Waals surface area (Å²) in [5.41, 5.74) is 3.23. The Kier molecular flexibility index (Phi) is 4.46. The van der Waals surface area contributed by atoms with Crippen LogP contribution >= 0.6 is 22.6 Å². The molecule has 7 nitrogen and oxygen atoms in total. The first kappa shape index (κ1) is 15.1. The van der Waals surface area contributed by atoms with Gasteiger partial charge >= 0.3 is 5.97 Å². The van der Waals surface area contributed by atoms with Gasteiger partial charge in [0.15, 0.2) is 5.69 Å². The van der Waals surface area contributed by atoms with Crippen molar-refractivity contribution < 1.29 is 9.90 Å². The predicted molar refractivity (Wildman–Crippen MR) is 87.7 cm³/mol. The minimum absolute atomic E-state index is 0.0224. The fourth-order valence-electron chi connectivity index (χ4n) is 2.32. The summed E-state index contributed by atoms with van der Waals surface area (Å²) in [6, 6.07) is 2.12. The molecule has 1 aliphatic carbocycles. The Morgan fingerprint density at radius 3 is 2.95 bits per heavy atom. The largest absolute Gasteiger partial charge is 0.476 e. The van der Waals surface area contributed by atoms with E-state index in [0.717, 1.165) is 37.1 Å². The highest BCUT2D eigenvalue weighted by Gasteiger charge is 2.14. The lowest BCUT2D eigenvalue weighted by atomic mass is 10.1. The van der Waals surface area contributed by atoms with Crippen molar-refractivity contribution in [3.05, 3.63) is 41.0 Å². The molecule has 3 rings (SSSR count). The van der Waals surface area contributed by atoms with Gasteiger partial charge in [-0.3, -0.25) is 4.68 Å². The third-order valence-corrected chi connectivity index (χ3v) is 4.50. The summed E-state index contributed by atoms with van der Waals surface area (Å²) < 4.78 is 2.80. The average Bonchev–Trinajstić information content (AvgIpc) is 3.11. The van der Waals surface area contributed by atoms with Gasteiger partial charge in [0.25, 0.3) is 0 Å². The molecule has 0 saturated carbocycles. The number of carbonyl (C=O) groups is 1. The Morgan fingerprint density at radius 1 is 1.32 bits per heavy atom. The molecular weight excluding hydrogens is 397 g/mol. The molecule has 2 aromatic rings. The number of aromatic carboxylic acids is 1. The van der Waals surface area contributed by atoms with Crippen LogP contribution in [0.5, 0.6) is 0 Å². The van der Waals surface area contributed by atoms with Crippen LogP contribution in [-0.2, 0) is 19.4 Å². The molecule has 0 fully saturated rings. The lowest BCUT2D eigenvalue weighted by Crippen LogP contribution is -2.02. The maximum Gasteiger partial charge on any atom is 0.358 e. The fraction of sp³-hybridized carbons (Fsp3) is 0.357. The molecule has 22 heavy (non-hydrogen) atoms. The topological polar surface area (TPSA) is 93.8 Å². The molecule has 114 valence electrons. The summed E-state index contributed by atoms with van der Waals surface area (Å²) in [5.74, 6) is -1.05. The minimum Gasteiger partial charge on any atom is -0.476 e. The molecule has 1 aliphatic rings. The van der Waals surface area contributed by atoms with Gasteiger partial charge in [0, 0.05) is 22.1 Å². The van der Waals surface area contributed by atoms with E-state index in [1.807, 2.05) is 0 Å². The first-order valence-electron chi connectivity index (χ1n) is 6.98. The molecule has 0 unspecified atom stereocenters.